The summed E-state index contributed by atoms with van der Waals surface area (Å²) in [6.45, 7) is 15.6. The lowest BCUT2D eigenvalue weighted by Crippen LogP contribution is -2.48. The van der Waals surface area contributed by atoms with Crippen LogP contribution >= 0.6 is 24.0 Å². The topological polar surface area (TPSA) is 43.3 Å². The molecule has 3 fully saturated rings. The van der Waals surface area contributed by atoms with Gasteiger partial charge >= 0.3 is 0 Å². The van der Waals surface area contributed by atoms with E-state index in [9.17, 15) is 0 Å². The number of guanidine groups is 1. The Hall–Kier alpha value is -0.120. The van der Waals surface area contributed by atoms with E-state index in [0.29, 0.717) is 6.04 Å². The van der Waals surface area contributed by atoms with Gasteiger partial charge in [0.2, 0.25) is 0 Å². The third-order valence-corrected chi connectivity index (χ3v) is 6.01. The number of piperidine rings is 1. The lowest BCUT2D eigenvalue weighted by atomic mass is 9.97. The van der Waals surface area contributed by atoms with Gasteiger partial charge in [0.25, 0.3) is 0 Å². The second-order valence-corrected chi connectivity index (χ2v) is 8.63. The summed E-state index contributed by atoms with van der Waals surface area (Å²) in [5.74, 6) is 2.61. The molecule has 3 aliphatic rings. The summed E-state index contributed by atoms with van der Waals surface area (Å²) in [7, 11) is 1.93. The van der Waals surface area contributed by atoms with Gasteiger partial charge in [-0.25, -0.2) is 0 Å². The number of aliphatic imine (C=N–C) groups is 1. The Morgan fingerprint density at radius 3 is 2.59 bits per heavy atom. The predicted molar refractivity (Wildman–Crippen MR) is 123 cm³/mol. The van der Waals surface area contributed by atoms with Gasteiger partial charge in [-0.1, -0.05) is 13.8 Å². The van der Waals surface area contributed by atoms with Crippen LogP contribution in [0.15, 0.2) is 4.99 Å². The molecule has 3 heterocycles. The van der Waals surface area contributed by atoms with Gasteiger partial charge in [-0.15, -0.1) is 24.0 Å². The van der Waals surface area contributed by atoms with E-state index in [2.05, 4.69) is 38.9 Å². The quantitative estimate of drug-likeness (QED) is 0.361. The number of rotatable bonds is 5. The van der Waals surface area contributed by atoms with Crippen LogP contribution in [0.2, 0.25) is 0 Å². The summed E-state index contributed by atoms with van der Waals surface area (Å²) in [4.78, 5) is 12.3. The Morgan fingerprint density at radius 1 is 1.11 bits per heavy atom. The average molecular weight is 493 g/mol. The van der Waals surface area contributed by atoms with Gasteiger partial charge in [0, 0.05) is 58.9 Å². The molecule has 3 saturated heterocycles. The molecule has 6 nitrogen and oxygen atoms in total. The minimum absolute atomic E-state index is 0. The molecule has 3 aliphatic heterocycles. The molecule has 27 heavy (non-hydrogen) atoms. The lowest BCUT2D eigenvalue weighted by Gasteiger charge is -2.35. The predicted octanol–water partition coefficient (Wildman–Crippen LogP) is 1.95. The van der Waals surface area contributed by atoms with Crippen molar-refractivity contribution in [3.8, 4) is 0 Å². The van der Waals surface area contributed by atoms with E-state index in [1.165, 1.54) is 38.9 Å². The van der Waals surface area contributed by atoms with E-state index in [1.54, 1.807) is 0 Å². The fraction of sp³-hybridized carbons (Fsp3) is 0.950. The highest BCUT2D eigenvalue weighted by atomic mass is 127. The van der Waals surface area contributed by atoms with Gasteiger partial charge in [-0.3, -0.25) is 9.89 Å². The lowest BCUT2D eigenvalue weighted by molar-refractivity contribution is 0.0194. The molecule has 0 saturated carbocycles. The molecule has 2 unspecified atom stereocenters. The second-order valence-electron chi connectivity index (χ2n) is 8.63. The normalized spacial score (nSPS) is 28.4. The minimum atomic E-state index is 0. The van der Waals surface area contributed by atoms with Gasteiger partial charge in [-0.2, -0.15) is 0 Å². The number of nitrogens with one attached hydrogen (secondary N) is 1. The maximum atomic E-state index is 5.50. The molecule has 158 valence electrons. The highest BCUT2D eigenvalue weighted by Gasteiger charge is 2.30. The van der Waals surface area contributed by atoms with Crippen LogP contribution in [0.1, 0.15) is 33.1 Å². The first-order chi connectivity index (χ1) is 12.7. The summed E-state index contributed by atoms with van der Waals surface area (Å²) >= 11 is 0. The van der Waals surface area contributed by atoms with Gasteiger partial charge < -0.3 is 19.9 Å². The second kappa shape index (κ2) is 11.8. The zero-order chi connectivity index (χ0) is 18.4. The summed E-state index contributed by atoms with van der Waals surface area (Å²) in [6, 6.07) is 0.661. The monoisotopic (exact) mass is 493 g/mol. The van der Waals surface area contributed by atoms with Gasteiger partial charge in [-0.05, 0) is 37.6 Å². The van der Waals surface area contributed by atoms with Gasteiger partial charge in [0.1, 0.15) is 0 Å². The molecule has 2 atom stereocenters. The Bertz CT molecular complexity index is 456. The molecule has 0 aromatic carbocycles. The third kappa shape index (κ3) is 7.01. The molecule has 0 spiro atoms. The first-order valence-corrected chi connectivity index (χ1v) is 10.7. The van der Waals surface area contributed by atoms with Crippen LogP contribution in [0, 0.1) is 11.8 Å². The highest BCUT2D eigenvalue weighted by molar-refractivity contribution is 14.0. The fourth-order valence-corrected chi connectivity index (χ4v) is 4.74. The van der Waals surface area contributed by atoms with Crippen LogP contribution in [0.5, 0.6) is 0 Å². The zero-order valence-electron chi connectivity index (χ0n) is 17.5. The molecule has 0 bridgehead atoms. The summed E-state index contributed by atoms with van der Waals surface area (Å²) in [5, 5.41) is 3.68. The van der Waals surface area contributed by atoms with E-state index in [-0.39, 0.29) is 24.0 Å². The van der Waals surface area contributed by atoms with Crippen LogP contribution in [0.4, 0.5) is 0 Å². The van der Waals surface area contributed by atoms with E-state index < -0.39 is 0 Å². The fourth-order valence-electron chi connectivity index (χ4n) is 4.74. The van der Waals surface area contributed by atoms with Crippen LogP contribution in [-0.4, -0.2) is 99.3 Å². The van der Waals surface area contributed by atoms with Crippen molar-refractivity contribution >= 4 is 29.9 Å². The summed E-state index contributed by atoms with van der Waals surface area (Å²) in [6.07, 6.45) is 3.92. The number of morpholine rings is 1. The summed E-state index contributed by atoms with van der Waals surface area (Å²) < 4.78 is 5.50. The van der Waals surface area contributed by atoms with E-state index >= 15 is 0 Å². The molecule has 0 amide bonds. The number of ether oxygens (including phenoxy) is 1. The molecule has 3 rings (SSSR count). The Morgan fingerprint density at radius 2 is 1.89 bits per heavy atom. The van der Waals surface area contributed by atoms with E-state index in [4.69, 9.17) is 4.74 Å². The van der Waals surface area contributed by atoms with Crippen molar-refractivity contribution in [1.29, 1.82) is 0 Å². The van der Waals surface area contributed by atoms with Crippen molar-refractivity contribution < 1.29 is 4.74 Å². The molecule has 7 heteroatoms. The van der Waals surface area contributed by atoms with Crippen LogP contribution in [-0.2, 0) is 4.74 Å². The van der Waals surface area contributed by atoms with E-state index in [1.807, 2.05) is 7.05 Å². The van der Waals surface area contributed by atoms with Crippen molar-refractivity contribution in [1.82, 2.24) is 20.0 Å². The first-order valence-electron chi connectivity index (χ1n) is 10.7. The van der Waals surface area contributed by atoms with Crippen LogP contribution < -0.4 is 5.32 Å². The maximum Gasteiger partial charge on any atom is 0.193 e. The molecule has 0 radical (unpaired) electrons. The zero-order valence-corrected chi connectivity index (χ0v) is 19.9. The SMILES string of the molecule is CN=C(NCC1CCCN(CC(C)C)C1)N1CCC(N2CCOCC2)C1.I. The smallest absolute Gasteiger partial charge is 0.193 e. The van der Waals surface area contributed by atoms with E-state index in [0.717, 1.165) is 63.7 Å². The van der Waals surface area contributed by atoms with Crippen molar-refractivity contribution in [3.05, 3.63) is 0 Å². The number of hydrogen-bond donors (Lipinski definition) is 1. The van der Waals surface area contributed by atoms with Crippen molar-refractivity contribution in [2.24, 2.45) is 16.8 Å². The number of hydrogen-bond acceptors (Lipinski definition) is 4. The Kier molecular flexibility index (Phi) is 10.1. The van der Waals surface area contributed by atoms with Crippen LogP contribution in [0.25, 0.3) is 0 Å². The van der Waals surface area contributed by atoms with Crippen molar-refractivity contribution in [2.75, 3.05) is 72.6 Å². The largest absolute Gasteiger partial charge is 0.379 e. The first kappa shape index (κ1) is 23.2. The molecule has 0 aromatic rings. The Labute approximate surface area is 183 Å². The molecule has 1 N–H and O–H groups in total. The number of halogens is 1. The average Bonchev–Trinajstić information content (AvgIpc) is 3.13. The highest BCUT2D eigenvalue weighted by Crippen LogP contribution is 2.19. The molecular weight excluding hydrogens is 453 g/mol. The van der Waals surface area contributed by atoms with Gasteiger partial charge in [0.05, 0.1) is 13.2 Å². The standard InChI is InChI=1S/C20H39N5O.HI/c1-17(2)14-23-7-4-5-18(15-23)13-22-20(21-3)25-8-6-19(16-25)24-9-11-26-12-10-24;/h17-19H,4-16H2,1-3H3,(H,21,22);1H. The summed E-state index contributed by atoms with van der Waals surface area (Å²) in [5.41, 5.74) is 0. The molecular formula is C20H40IN5O. The Balaban J connectivity index is 0.00000261. The third-order valence-electron chi connectivity index (χ3n) is 6.01. The van der Waals surface area contributed by atoms with Crippen molar-refractivity contribution in [2.45, 2.75) is 39.2 Å². The van der Waals surface area contributed by atoms with Gasteiger partial charge in [0.15, 0.2) is 5.96 Å². The minimum Gasteiger partial charge on any atom is -0.379 e. The molecule has 0 aromatic heterocycles. The van der Waals surface area contributed by atoms with Crippen LogP contribution in [0.3, 0.4) is 0 Å². The van der Waals surface area contributed by atoms with Crippen molar-refractivity contribution in [3.63, 3.8) is 0 Å². The maximum absolute atomic E-state index is 5.50. The molecule has 0 aliphatic carbocycles. The number of likely N-dealkylation sites (tertiary alicyclic amines) is 2. The number of nitrogens with zero attached hydrogens (tertiary/aromatic N) is 4.